The molecule has 0 saturated heterocycles. The van der Waals surface area contributed by atoms with Gasteiger partial charge in [-0.3, -0.25) is 0 Å². The molecule has 16 heavy (non-hydrogen) atoms. The lowest BCUT2D eigenvalue weighted by atomic mass is 10.2. The third kappa shape index (κ3) is 2.37. The molecule has 0 aliphatic carbocycles. The van der Waals surface area contributed by atoms with Crippen LogP contribution in [0.15, 0.2) is 36.8 Å². The van der Waals surface area contributed by atoms with Crippen molar-refractivity contribution in [2.24, 2.45) is 0 Å². The summed E-state index contributed by atoms with van der Waals surface area (Å²) in [4.78, 5) is 7.20. The van der Waals surface area contributed by atoms with Crippen molar-refractivity contribution < 1.29 is 4.57 Å². The first kappa shape index (κ1) is 10.6. The second-order valence-electron chi connectivity index (χ2n) is 3.93. The van der Waals surface area contributed by atoms with Gasteiger partial charge < -0.3 is 4.98 Å². The average molecular weight is 214 g/mol. The smallest absolute Gasteiger partial charge is 0.205 e. The van der Waals surface area contributed by atoms with Crippen molar-refractivity contribution in [1.29, 1.82) is 0 Å². The van der Waals surface area contributed by atoms with Crippen LogP contribution in [0.25, 0.3) is 12.2 Å². The molecule has 0 fully saturated rings. The van der Waals surface area contributed by atoms with Crippen LogP contribution in [0.5, 0.6) is 0 Å². The number of rotatable bonds is 3. The van der Waals surface area contributed by atoms with Gasteiger partial charge in [-0.2, -0.15) is 4.57 Å². The molecular formula is C13H16N3+. The van der Waals surface area contributed by atoms with E-state index in [-0.39, 0.29) is 0 Å². The predicted molar refractivity (Wildman–Crippen MR) is 64.5 cm³/mol. The molecule has 0 aliphatic heterocycles. The summed E-state index contributed by atoms with van der Waals surface area (Å²) in [5, 5.41) is 0. The maximum absolute atomic E-state index is 4.15. The molecule has 0 unspecified atom stereocenters. The summed E-state index contributed by atoms with van der Waals surface area (Å²) < 4.78 is 2.22. The highest BCUT2D eigenvalue weighted by Gasteiger charge is 2.09. The van der Waals surface area contributed by atoms with E-state index in [9.17, 15) is 0 Å². The maximum Gasteiger partial charge on any atom is 0.205 e. The van der Waals surface area contributed by atoms with E-state index >= 15 is 0 Å². The average Bonchev–Trinajstić information content (AvgIpc) is 2.79. The Morgan fingerprint density at radius 1 is 1.31 bits per heavy atom. The van der Waals surface area contributed by atoms with Crippen LogP contribution >= 0.6 is 0 Å². The predicted octanol–water partition coefficient (Wildman–Crippen LogP) is 2.45. The molecule has 2 rings (SSSR count). The topological polar surface area (TPSA) is 32.6 Å². The van der Waals surface area contributed by atoms with Crippen LogP contribution in [0.2, 0.25) is 0 Å². The fraction of sp³-hybridized carbons (Fsp3) is 0.231. The Hall–Kier alpha value is -1.90. The van der Waals surface area contributed by atoms with Gasteiger partial charge in [-0.1, -0.05) is 0 Å². The van der Waals surface area contributed by atoms with Crippen LogP contribution in [0.4, 0.5) is 0 Å². The highest BCUT2D eigenvalue weighted by Crippen LogP contribution is 2.03. The SMILES string of the molecule is CC(C)[n+]1ccccc1C=Cc1ncc[nH]1. The van der Waals surface area contributed by atoms with Crippen LogP contribution < -0.4 is 4.57 Å². The molecule has 0 spiro atoms. The minimum atomic E-state index is 0.456. The molecule has 2 aromatic heterocycles. The van der Waals surface area contributed by atoms with Gasteiger partial charge in [0.1, 0.15) is 5.82 Å². The zero-order valence-electron chi connectivity index (χ0n) is 9.59. The first-order valence-corrected chi connectivity index (χ1v) is 5.45. The molecule has 3 heteroatoms. The van der Waals surface area contributed by atoms with Crippen molar-refractivity contribution >= 4 is 12.2 Å². The number of aromatic amines is 1. The number of nitrogens with one attached hydrogen (secondary N) is 1. The zero-order valence-corrected chi connectivity index (χ0v) is 9.59. The van der Waals surface area contributed by atoms with Crippen LogP contribution in [0, 0.1) is 0 Å². The number of nitrogens with zero attached hydrogens (tertiary/aromatic N) is 2. The van der Waals surface area contributed by atoms with E-state index in [4.69, 9.17) is 0 Å². The van der Waals surface area contributed by atoms with Gasteiger partial charge >= 0.3 is 0 Å². The van der Waals surface area contributed by atoms with E-state index in [2.05, 4.69) is 46.7 Å². The largest absolute Gasteiger partial charge is 0.345 e. The molecule has 0 aromatic carbocycles. The normalized spacial score (nSPS) is 11.4. The minimum absolute atomic E-state index is 0.456. The van der Waals surface area contributed by atoms with Crippen LogP contribution in [-0.4, -0.2) is 9.97 Å². The van der Waals surface area contributed by atoms with Crippen molar-refractivity contribution in [1.82, 2.24) is 9.97 Å². The molecule has 0 atom stereocenters. The molecule has 0 saturated carbocycles. The van der Waals surface area contributed by atoms with Gasteiger partial charge in [-0.25, -0.2) is 4.98 Å². The van der Waals surface area contributed by atoms with Gasteiger partial charge in [0.2, 0.25) is 5.69 Å². The highest BCUT2D eigenvalue weighted by molar-refractivity contribution is 5.63. The summed E-state index contributed by atoms with van der Waals surface area (Å²) in [5.74, 6) is 0.874. The third-order valence-corrected chi connectivity index (χ3v) is 2.41. The number of imidazole rings is 1. The van der Waals surface area contributed by atoms with Gasteiger partial charge in [-0.15, -0.1) is 0 Å². The summed E-state index contributed by atoms with van der Waals surface area (Å²) in [6, 6.07) is 6.64. The molecule has 2 heterocycles. The Morgan fingerprint density at radius 3 is 2.88 bits per heavy atom. The standard InChI is InChI=1S/C13H15N3/c1-11(2)16-10-4-3-5-12(16)6-7-13-14-8-9-15-13/h3-11H,1-2H3/p+1. The maximum atomic E-state index is 4.15. The third-order valence-electron chi connectivity index (χ3n) is 2.41. The first-order valence-electron chi connectivity index (χ1n) is 5.45. The lowest BCUT2D eigenvalue weighted by Gasteiger charge is -2.02. The molecule has 0 amide bonds. The van der Waals surface area contributed by atoms with Gasteiger partial charge in [0.25, 0.3) is 0 Å². The monoisotopic (exact) mass is 214 g/mol. The Balaban J connectivity index is 2.27. The van der Waals surface area contributed by atoms with Crippen molar-refractivity contribution in [3.63, 3.8) is 0 Å². The number of hydrogen-bond donors (Lipinski definition) is 1. The first-order chi connectivity index (χ1) is 7.77. The summed E-state index contributed by atoms with van der Waals surface area (Å²) in [6.07, 6.45) is 9.71. The summed E-state index contributed by atoms with van der Waals surface area (Å²) in [7, 11) is 0. The lowest BCUT2D eigenvalue weighted by Crippen LogP contribution is -2.38. The Morgan fingerprint density at radius 2 is 2.19 bits per heavy atom. The van der Waals surface area contributed by atoms with Gasteiger partial charge in [0, 0.05) is 30.6 Å². The second-order valence-corrected chi connectivity index (χ2v) is 3.93. The zero-order chi connectivity index (χ0) is 11.4. The van der Waals surface area contributed by atoms with Gasteiger partial charge in [0.15, 0.2) is 12.2 Å². The Labute approximate surface area is 95.5 Å². The second kappa shape index (κ2) is 4.75. The van der Waals surface area contributed by atoms with Crippen molar-refractivity contribution in [3.8, 4) is 0 Å². The molecule has 0 aliphatic rings. The molecule has 1 N–H and O–H groups in total. The molecule has 0 radical (unpaired) electrons. The molecule has 0 bridgehead atoms. The molecule has 3 nitrogen and oxygen atoms in total. The van der Waals surface area contributed by atoms with E-state index in [1.807, 2.05) is 24.4 Å². The van der Waals surface area contributed by atoms with E-state index in [1.165, 1.54) is 5.69 Å². The minimum Gasteiger partial charge on any atom is -0.345 e. The fourth-order valence-electron chi connectivity index (χ4n) is 1.61. The Kier molecular flexibility index (Phi) is 3.15. The number of pyridine rings is 1. The van der Waals surface area contributed by atoms with Crippen LogP contribution in [0.1, 0.15) is 31.4 Å². The van der Waals surface area contributed by atoms with E-state index in [1.54, 1.807) is 6.20 Å². The van der Waals surface area contributed by atoms with Gasteiger partial charge in [-0.05, 0) is 26.0 Å². The quantitative estimate of drug-likeness (QED) is 0.782. The van der Waals surface area contributed by atoms with Crippen molar-refractivity contribution in [2.75, 3.05) is 0 Å². The van der Waals surface area contributed by atoms with Crippen LogP contribution in [0.3, 0.4) is 0 Å². The van der Waals surface area contributed by atoms with Crippen LogP contribution in [-0.2, 0) is 0 Å². The van der Waals surface area contributed by atoms with E-state index < -0.39 is 0 Å². The summed E-state index contributed by atoms with van der Waals surface area (Å²) in [6.45, 7) is 4.34. The number of hydrogen-bond acceptors (Lipinski definition) is 1. The highest BCUT2D eigenvalue weighted by atomic mass is 15.0. The van der Waals surface area contributed by atoms with E-state index in [0.29, 0.717) is 6.04 Å². The number of H-pyrrole nitrogens is 1. The lowest BCUT2D eigenvalue weighted by molar-refractivity contribution is -0.717. The molecule has 82 valence electrons. The van der Waals surface area contributed by atoms with Crippen molar-refractivity contribution in [2.45, 2.75) is 19.9 Å². The van der Waals surface area contributed by atoms with Crippen molar-refractivity contribution in [3.05, 3.63) is 48.3 Å². The molecule has 2 aromatic rings. The molecular weight excluding hydrogens is 198 g/mol. The van der Waals surface area contributed by atoms with Gasteiger partial charge in [0.05, 0.1) is 0 Å². The Bertz CT molecular complexity index is 470. The summed E-state index contributed by atoms with van der Waals surface area (Å²) in [5.41, 5.74) is 1.17. The van der Waals surface area contributed by atoms with E-state index in [0.717, 1.165) is 5.82 Å². The number of aromatic nitrogens is 3. The fourth-order valence-corrected chi connectivity index (χ4v) is 1.61. The summed E-state index contributed by atoms with van der Waals surface area (Å²) >= 11 is 0.